The molecule has 2 N–H and O–H groups in total. The Morgan fingerprint density at radius 3 is 1.47 bits per heavy atom. The van der Waals surface area contributed by atoms with Crippen molar-refractivity contribution in [2.75, 3.05) is 0 Å². The third-order valence-corrected chi connectivity index (χ3v) is 6.36. The van der Waals surface area contributed by atoms with Gasteiger partial charge in [-0.15, -0.1) is 0 Å². The van der Waals surface area contributed by atoms with Gasteiger partial charge in [0, 0.05) is 0 Å². The van der Waals surface area contributed by atoms with Gasteiger partial charge in [-0.25, -0.2) is 0 Å². The van der Waals surface area contributed by atoms with Crippen molar-refractivity contribution < 1.29 is 10.2 Å². The van der Waals surface area contributed by atoms with Crippen LogP contribution in [0.2, 0.25) is 0 Å². The van der Waals surface area contributed by atoms with Crippen molar-refractivity contribution in [1.29, 1.82) is 0 Å². The minimum Gasteiger partial charge on any atom is -0.376 e. The molecular weight excluding hydrogens is 368 g/mol. The van der Waals surface area contributed by atoms with E-state index in [9.17, 15) is 10.2 Å². The molecule has 1 aliphatic carbocycles. The van der Waals surface area contributed by atoms with E-state index in [1.54, 1.807) is 0 Å². The van der Waals surface area contributed by atoms with Gasteiger partial charge in [0.1, 0.15) is 11.2 Å². The van der Waals surface area contributed by atoms with Gasteiger partial charge in [0.05, 0.1) is 0 Å². The highest BCUT2D eigenvalue weighted by Gasteiger charge is 2.50. The van der Waals surface area contributed by atoms with Gasteiger partial charge < -0.3 is 10.2 Å². The first-order valence-electron chi connectivity index (χ1n) is 10.4. The molecule has 0 heterocycles. The van der Waals surface area contributed by atoms with Gasteiger partial charge in [-0.2, -0.15) is 0 Å². The maximum Gasteiger partial charge on any atom is 0.141 e. The van der Waals surface area contributed by atoms with E-state index in [2.05, 4.69) is 6.92 Å². The fraction of sp³-hybridized carbons (Fsp3) is 0.143. The number of fused-ring (bicyclic) bond motifs is 2. The van der Waals surface area contributed by atoms with E-state index >= 15 is 0 Å². The van der Waals surface area contributed by atoms with Crippen molar-refractivity contribution in [1.82, 2.24) is 0 Å². The van der Waals surface area contributed by atoms with Crippen LogP contribution in [0.3, 0.4) is 0 Å². The Bertz CT molecular complexity index is 1200. The number of aryl methyl sites for hydroxylation is 1. The Morgan fingerprint density at radius 1 is 0.533 bits per heavy atom. The molecule has 2 nitrogen and oxygen atoms in total. The molecule has 0 amide bonds. The zero-order chi connectivity index (χ0) is 20.8. The zero-order valence-corrected chi connectivity index (χ0v) is 16.9. The van der Waals surface area contributed by atoms with E-state index in [1.165, 1.54) is 0 Å². The van der Waals surface area contributed by atoms with Crippen LogP contribution in [0.5, 0.6) is 0 Å². The lowest BCUT2D eigenvalue weighted by molar-refractivity contribution is 0.0747. The smallest absolute Gasteiger partial charge is 0.141 e. The molecule has 30 heavy (non-hydrogen) atoms. The third-order valence-electron chi connectivity index (χ3n) is 6.36. The van der Waals surface area contributed by atoms with Crippen molar-refractivity contribution in [3.63, 3.8) is 0 Å². The Kier molecular flexibility index (Phi) is 4.35. The zero-order valence-electron chi connectivity index (χ0n) is 16.9. The third kappa shape index (κ3) is 2.51. The first-order valence-corrected chi connectivity index (χ1v) is 10.4. The fourth-order valence-corrected chi connectivity index (χ4v) is 4.81. The topological polar surface area (TPSA) is 40.5 Å². The first kappa shape index (κ1) is 18.8. The summed E-state index contributed by atoms with van der Waals surface area (Å²) in [6, 6.07) is 33.2. The largest absolute Gasteiger partial charge is 0.376 e. The minimum absolute atomic E-state index is 0.708. The SMILES string of the molecule is CCc1ccc2c(c1)[C@](O)(c1ccccc1)c1ccccc1[C@@]2(O)c1ccccc1. The van der Waals surface area contributed by atoms with E-state index < -0.39 is 11.2 Å². The lowest BCUT2D eigenvalue weighted by atomic mass is 9.63. The average molecular weight is 392 g/mol. The Hall–Kier alpha value is -3.20. The minimum atomic E-state index is -1.35. The van der Waals surface area contributed by atoms with E-state index in [4.69, 9.17) is 0 Å². The lowest BCUT2D eigenvalue weighted by Crippen LogP contribution is -2.44. The van der Waals surface area contributed by atoms with E-state index in [0.717, 1.165) is 34.2 Å². The van der Waals surface area contributed by atoms with Crippen LogP contribution in [0.25, 0.3) is 0 Å². The molecule has 0 aliphatic heterocycles. The summed E-state index contributed by atoms with van der Waals surface area (Å²) in [4.78, 5) is 0. The second-order valence-corrected chi connectivity index (χ2v) is 7.93. The van der Waals surface area contributed by atoms with Crippen LogP contribution in [0.1, 0.15) is 45.9 Å². The molecule has 2 atom stereocenters. The van der Waals surface area contributed by atoms with Crippen LogP contribution in [0, 0.1) is 0 Å². The Labute approximate surface area is 177 Å². The molecule has 4 aromatic rings. The lowest BCUT2D eigenvalue weighted by Gasteiger charge is -2.45. The van der Waals surface area contributed by atoms with Crippen molar-refractivity contribution in [2.24, 2.45) is 0 Å². The quantitative estimate of drug-likeness (QED) is 0.507. The van der Waals surface area contributed by atoms with Gasteiger partial charge in [-0.1, -0.05) is 110 Å². The van der Waals surface area contributed by atoms with Crippen LogP contribution in [0.4, 0.5) is 0 Å². The van der Waals surface area contributed by atoms with Gasteiger partial charge in [0.2, 0.25) is 0 Å². The monoisotopic (exact) mass is 392 g/mol. The predicted molar refractivity (Wildman–Crippen MR) is 119 cm³/mol. The van der Waals surface area contributed by atoms with Crippen LogP contribution in [-0.2, 0) is 17.6 Å². The molecule has 0 saturated heterocycles. The standard InChI is InChI=1S/C28H24O2/c1-2-20-17-18-25-26(19-20)28(30,22-13-7-4-8-14-22)24-16-10-9-15-23(24)27(25,29)21-11-5-3-6-12-21/h3-19,29-30H,2H2,1H3/t27-,28-/m0/s1. The summed E-state index contributed by atoms with van der Waals surface area (Å²) in [5.41, 5.74) is 2.88. The van der Waals surface area contributed by atoms with Crippen molar-refractivity contribution >= 4 is 0 Å². The summed E-state index contributed by atoms with van der Waals surface area (Å²) in [6.07, 6.45) is 0.851. The normalized spacial score (nSPS) is 22.2. The summed E-state index contributed by atoms with van der Waals surface area (Å²) in [7, 11) is 0. The van der Waals surface area contributed by atoms with Gasteiger partial charge in [0.15, 0.2) is 0 Å². The average Bonchev–Trinajstić information content (AvgIpc) is 2.83. The van der Waals surface area contributed by atoms with Crippen molar-refractivity contribution in [3.05, 3.63) is 142 Å². The first-order chi connectivity index (χ1) is 14.6. The van der Waals surface area contributed by atoms with Crippen LogP contribution < -0.4 is 0 Å². The van der Waals surface area contributed by atoms with E-state index in [1.807, 2.05) is 103 Å². The molecule has 0 unspecified atom stereocenters. The van der Waals surface area contributed by atoms with Gasteiger partial charge >= 0.3 is 0 Å². The molecule has 5 rings (SSSR count). The highest BCUT2D eigenvalue weighted by Crippen LogP contribution is 2.53. The highest BCUT2D eigenvalue weighted by atomic mass is 16.3. The van der Waals surface area contributed by atoms with Crippen molar-refractivity contribution in [3.8, 4) is 0 Å². The van der Waals surface area contributed by atoms with Crippen LogP contribution in [0.15, 0.2) is 103 Å². The van der Waals surface area contributed by atoms with Crippen LogP contribution >= 0.6 is 0 Å². The highest BCUT2D eigenvalue weighted by molar-refractivity contribution is 5.65. The van der Waals surface area contributed by atoms with Crippen molar-refractivity contribution in [2.45, 2.75) is 24.5 Å². The fourth-order valence-electron chi connectivity index (χ4n) is 4.81. The maximum absolute atomic E-state index is 12.3. The second-order valence-electron chi connectivity index (χ2n) is 7.93. The molecule has 0 fully saturated rings. The van der Waals surface area contributed by atoms with Gasteiger partial charge in [0.25, 0.3) is 0 Å². The molecule has 148 valence electrons. The Balaban J connectivity index is 1.92. The number of hydrogen-bond donors (Lipinski definition) is 2. The van der Waals surface area contributed by atoms with Gasteiger partial charge in [-0.05, 0) is 45.4 Å². The summed E-state index contributed by atoms with van der Waals surface area (Å²) in [6.45, 7) is 2.10. The molecule has 0 radical (unpaired) electrons. The maximum atomic E-state index is 12.3. The molecule has 0 bridgehead atoms. The molecule has 0 saturated carbocycles. The summed E-state index contributed by atoms with van der Waals surface area (Å²) < 4.78 is 0. The summed E-state index contributed by atoms with van der Waals surface area (Å²) in [5, 5.41) is 24.6. The molecule has 1 aliphatic rings. The number of benzene rings is 4. The molecule has 0 aromatic heterocycles. The molecule has 0 spiro atoms. The number of rotatable bonds is 3. The number of aliphatic hydroxyl groups is 2. The van der Waals surface area contributed by atoms with E-state index in [0.29, 0.717) is 11.1 Å². The predicted octanol–water partition coefficient (Wildman–Crippen LogP) is 5.13. The summed E-state index contributed by atoms with van der Waals surface area (Å²) in [5.74, 6) is 0. The molecular formula is C28H24O2. The van der Waals surface area contributed by atoms with E-state index in [-0.39, 0.29) is 0 Å². The second kappa shape index (κ2) is 6.94. The Morgan fingerprint density at radius 2 is 0.967 bits per heavy atom. The molecule has 2 heteroatoms. The van der Waals surface area contributed by atoms with Crippen LogP contribution in [-0.4, -0.2) is 10.2 Å². The number of hydrogen-bond acceptors (Lipinski definition) is 2. The molecule has 4 aromatic carbocycles. The van der Waals surface area contributed by atoms with Gasteiger partial charge in [-0.3, -0.25) is 0 Å². The summed E-state index contributed by atoms with van der Waals surface area (Å²) >= 11 is 0.